The Labute approximate surface area is 82.8 Å². The number of amides is 1. The van der Waals surface area contributed by atoms with Crippen LogP contribution in [0.2, 0.25) is 0 Å². The Balaban J connectivity index is 2.06. The second-order valence-corrected chi connectivity index (χ2v) is 3.80. The number of carbonyl (C=O) groups is 1. The molecule has 4 nitrogen and oxygen atoms in total. The molecule has 1 fully saturated rings. The Morgan fingerprint density at radius 3 is 3.23 bits per heavy atom. The summed E-state index contributed by atoms with van der Waals surface area (Å²) in [5.74, 6) is 0.613. The molecular weight excluding hydrogens is 188 g/mol. The van der Waals surface area contributed by atoms with Gasteiger partial charge in [0.15, 0.2) is 0 Å². The Bertz CT molecular complexity index is 160. The van der Waals surface area contributed by atoms with E-state index in [-0.39, 0.29) is 12.0 Å². The minimum atomic E-state index is 0.0849. The smallest absolute Gasteiger partial charge is 0.230 e. The molecule has 1 heterocycles. The van der Waals surface area contributed by atoms with Gasteiger partial charge < -0.3 is 15.4 Å². The van der Waals surface area contributed by atoms with Crippen molar-refractivity contribution < 1.29 is 9.53 Å². The van der Waals surface area contributed by atoms with Gasteiger partial charge in [-0.2, -0.15) is 11.8 Å². The minimum Gasteiger partial charge on any atom is -0.374 e. The van der Waals surface area contributed by atoms with Gasteiger partial charge in [0, 0.05) is 19.6 Å². The molecule has 0 saturated carbocycles. The van der Waals surface area contributed by atoms with E-state index in [2.05, 4.69) is 10.6 Å². The number of hydrogen-bond acceptors (Lipinski definition) is 4. The fourth-order valence-electron chi connectivity index (χ4n) is 1.16. The molecule has 1 saturated heterocycles. The average molecular weight is 204 g/mol. The van der Waals surface area contributed by atoms with Crippen LogP contribution in [0.4, 0.5) is 0 Å². The molecule has 0 aromatic carbocycles. The quantitative estimate of drug-likeness (QED) is 0.645. The van der Waals surface area contributed by atoms with E-state index in [0.29, 0.717) is 12.3 Å². The number of hydrogen-bond donors (Lipinski definition) is 2. The molecule has 1 amide bonds. The van der Waals surface area contributed by atoms with Crippen molar-refractivity contribution >= 4 is 17.7 Å². The highest BCUT2D eigenvalue weighted by Crippen LogP contribution is 1.95. The van der Waals surface area contributed by atoms with Gasteiger partial charge in [0.1, 0.15) is 0 Å². The molecule has 13 heavy (non-hydrogen) atoms. The highest BCUT2D eigenvalue weighted by atomic mass is 32.2. The van der Waals surface area contributed by atoms with Gasteiger partial charge >= 0.3 is 0 Å². The lowest BCUT2D eigenvalue weighted by Crippen LogP contribution is -2.45. The van der Waals surface area contributed by atoms with E-state index in [1.54, 1.807) is 0 Å². The zero-order valence-electron chi connectivity index (χ0n) is 7.84. The van der Waals surface area contributed by atoms with Crippen LogP contribution in [0.25, 0.3) is 0 Å². The van der Waals surface area contributed by atoms with Crippen molar-refractivity contribution in [2.24, 2.45) is 0 Å². The van der Waals surface area contributed by atoms with Crippen molar-refractivity contribution in [3.05, 3.63) is 0 Å². The van der Waals surface area contributed by atoms with Gasteiger partial charge in [0.05, 0.1) is 18.5 Å². The zero-order valence-corrected chi connectivity index (χ0v) is 8.65. The van der Waals surface area contributed by atoms with Crippen LogP contribution in [0.5, 0.6) is 0 Å². The molecule has 0 aliphatic carbocycles. The third-order valence-electron chi connectivity index (χ3n) is 1.81. The van der Waals surface area contributed by atoms with Gasteiger partial charge in [-0.1, -0.05) is 0 Å². The first kappa shape index (κ1) is 10.8. The summed E-state index contributed by atoms with van der Waals surface area (Å²) >= 11 is 1.53. The van der Waals surface area contributed by atoms with Crippen molar-refractivity contribution in [2.45, 2.75) is 6.10 Å². The minimum absolute atomic E-state index is 0.0849. The highest BCUT2D eigenvalue weighted by Gasteiger charge is 2.13. The normalized spacial score (nSPS) is 22.7. The van der Waals surface area contributed by atoms with Gasteiger partial charge in [0.2, 0.25) is 5.91 Å². The fourth-order valence-corrected chi connectivity index (χ4v) is 1.52. The molecule has 1 atom stereocenters. The highest BCUT2D eigenvalue weighted by molar-refractivity contribution is 7.99. The number of morpholine rings is 1. The second-order valence-electron chi connectivity index (χ2n) is 2.93. The first-order valence-corrected chi connectivity index (χ1v) is 5.80. The summed E-state index contributed by atoms with van der Waals surface area (Å²) in [6.45, 7) is 3.10. The molecule has 0 aromatic heterocycles. The van der Waals surface area contributed by atoms with E-state index in [0.717, 1.165) is 19.7 Å². The molecule has 0 bridgehead atoms. The summed E-state index contributed by atoms with van der Waals surface area (Å²) in [6.07, 6.45) is 2.05. The second kappa shape index (κ2) is 6.23. The van der Waals surface area contributed by atoms with Crippen LogP contribution >= 0.6 is 11.8 Å². The van der Waals surface area contributed by atoms with Crippen molar-refractivity contribution in [3.8, 4) is 0 Å². The van der Waals surface area contributed by atoms with Crippen LogP contribution in [0.1, 0.15) is 0 Å². The molecule has 76 valence electrons. The monoisotopic (exact) mass is 204 g/mol. The van der Waals surface area contributed by atoms with Gasteiger partial charge in [-0.15, -0.1) is 0 Å². The van der Waals surface area contributed by atoms with Gasteiger partial charge in [-0.05, 0) is 6.26 Å². The summed E-state index contributed by atoms with van der Waals surface area (Å²) in [6, 6.07) is 0. The first-order valence-electron chi connectivity index (χ1n) is 4.41. The van der Waals surface area contributed by atoms with E-state index < -0.39 is 0 Å². The fraction of sp³-hybridized carbons (Fsp3) is 0.875. The summed E-state index contributed by atoms with van der Waals surface area (Å²) in [5.41, 5.74) is 0. The van der Waals surface area contributed by atoms with Crippen LogP contribution in [0.3, 0.4) is 0 Å². The predicted octanol–water partition coefficient (Wildman–Crippen LogP) is -0.546. The van der Waals surface area contributed by atoms with Crippen molar-refractivity contribution in [3.63, 3.8) is 0 Å². The summed E-state index contributed by atoms with van der Waals surface area (Å²) in [7, 11) is 0. The lowest BCUT2D eigenvalue weighted by Gasteiger charge is -2.23. The topological polar surface area (TPSA) is 50.4 Å². The average Bonchev–Trinajstić information content (AvgIpc) is 2.17. The zero-order chi connectivity index (χ0) is 9.52. The number of carbonyl (C=O) groups excluding carboxylic acids is 1. The summed E-state index contributed by atoms with van der Waals surface area (Å²) < 4.78 is 5.42. The number of rotatable bonds is 4. The van der Waals surface area contributed by atoms with Crippen LogP contribution in [0.15, 0.2) is 0 Å². The van der Waals surface area contributed by atoms with Crippen LogP contribution in [-0.4, -0.2) is 50.3 Å². The van der Waals surface area contributed by atoms with E-state index in [4.69, 9.17) is 4.74 Å². The molecule has 0 aromatic rings. The Morgan fingerprint density at radius 1 is 1.77 bits per heavy atom. The maximum absolute atomic E-state index is 11.1. The molecule has 0 spiro atoms. The van der Waals surface area contributed by atoms with E-state index in [1.807, 2.05) is 6.26 Å². The van der Waals surface area contributed by atoms with Crippen molar-refractivity contribution in [1.82, 2.24) is 10.6 Å². The Hall–Kier alpha value is -0.260. The number of thioether (sulfide) groups is 1. The van der Waals surface area contributed by atoms with Crippen LogP contribution < -0.4 is 10.6 Å². The van der Waals surface area contributed by atoms with E-state index in [1.165, 1.54) is 11.8 Å². The number of nitrogens with one attached hydrogen (secondary N) is 2. The Kier molecular flexibility index (Phi) is 5.19. The standard InChI is InChI=1S/C8H16N2O2S/c1-13-6-8(11)10-5-7-4-9-2-3-12-7/h7,9H,2-6H2,1H3,(H,10,11). The maximum atomic E-state index is 11.1. The van der Waals surface area contributed by atoms with Crippen LogP contribution in [0, 0.1) is 0 Å². The van der Waals surface area contributed by atoms with Gasteiger partial charge in [0.25, 0.3) is 0 Å². The predicted molar refractivity (Wildman–Crippen MR) is 54.0 cm³/mol. The third kappa shape index (κ3) is 4.50. The van der Waals surface area contributed by atoms with Crippen molar-refractivity contribution in [2.75, 3.05) is 38.2 Å². The van der Waals surface area contributed by atoms with Crippen molar-refractivity contribution in [1.29, 1.82) is 0 Å². The molecule has 1 rings (SSSR count). The third-order valence-corrected chi connectivity index (χ3v) is 2.36. The molecule has 2 N–H and O–H groups in total. The first-order chi connectivity index (χ1) is 6.33. The summed E-state index contributed by atoms with van der Waals surface area (Å²) in [4.78, 5) is 11.1. The molecule has 1 aliphatic rings. The SMILES string of the molecule is CSCC(=O)NCC1CNCCO1. The van der Waals surface area contributed by atoms with Gasteiger partial charge in [-0.3, -0.25) is 4.79 Å². The van der Waals surface area contributed by atoms with Gasteiger partial charge in [-0.25, -0.2) is 0 Å². The Morgan fingerprint density at radius 2 is 2.62 bits per heavy atom. The van der Waals surface area contributed by atoms with Crippen LogP contribution in [-0.2, 0) is 9.53 Å². The molecule has 1 aliphatic heterocycles. The lowest BCUT2D eigenvalue weighted by molar-refractivity contribution is -0.119. The molecular formula is C8H16N2O2S. The van der Waals surface area contributed by atoms with E-state index in [9.17, 15) is 4.79 Å². The molecule has 5 heteroatoms. The van der Waals surface area contributed by atoms with E-state index >= 15 is 0 Å². The number of ether oxygens (including phenoxy) is 1. The summed E-state index contributed by atoms with van der Waals surface area (Å²) in [5, 5.41) is 6.04. The molecule has 1 unspecified atom stereocenters. The molecule has 0 radical (unpaired) electrons. The lowest BCUT2D eigenvalue weighted by atomic mass is 10.3. The maximum Gasteiger partial charge on any atom is 0.230 e. The largest absolute Gasteiger partial charge is 0.374 e.